The third-order valence-electron chi connectivity index (χ3n) is 4.05. The zero-order chi connectivity index (χ0) is 15.4. The summed E-state index contributed by atoms with van der Waals surface area (Å²) in [6, 6.07) is 0. The van der Waals surface area contributed by atoms with E-state index in [2.05, 4.69) is 16.9 Å². The van der Waals surface area contributed by atoms with Crippen molar-refractivity contribution in [2.75, 3.05) is 50.9 Å². The topological polar surface area (TPSA) is 67.8 Å². The van der Waals surface area contributed by atoms with Gasteiger partial charge in [0.2, 0.25) is 5.95 Å². The molecule has 7 nitrogen and oxygen atoms in total. The number of hydrogen-bond donors (Lipinski definition) is 0. The quantitative estimate of drug-likeness (QED) is 0.789. The van der Waals surface area contributed by atoms with Crippen molar-refractivity contribution in [3.8, 4) is 0 Å². The highest BCUT2D eigenvalue weighted by molar-refractivity contribution is 5.82. The van der Waals surface area contributed by atoms with E-state index in [4.69, 9.17) is 9.47 Å². The fourth-order valence-electron chi connectivity index (χ4n) is 2.66. The van der Waals surface area contributed by atoms with Crippen LogP contribution < -0.4 is 4.90 Å². The van der Waals surface area contributed by atoms with Crippen LogP contribution >= 0.6 is 0 Å². The van der Waals surface area contributed by atoms with Gasteiger partial charge >= 0.3 is 0 Å². The van der Waals surface area contributed by atoms with Crippen LogP contribution in [0.4, 0.5) is 5.95 Å². The maximum Gasteiger partial charge on any atom is 0.253 e. The van der Waals surface area contributed by atoms with Crippen molar-refractivity contribution < 1.29 is 14.3 Å². The van der Waals surface area contributed by atoms with Crippen LogP contribution in [0.1, 0.15) is 12.5 Å². The highest BCUT2D eigenvalue weighted by Gasteiger charge is 2.31. The molecule has 2 aliphatic heterocycles. The smallest absolute Gasteiger partial charge is 0.253 e. The molecular weight excluding hydrogens is 284 g/mol. The average molecular weight is 306 g/mol. The summed E-state index contributed by atoms with van der Waals surface area (Å²) >= 11 is 0. The molecule has 0 N–H and O–H groups in total. The summed E-state index contributed by atoms with van der Waals surface area (Å²) in [6.45, 7) is 6.28. The fraction of sp³-hybridized carbons (Fsp3) is 0.667. The van der Waals surface area contributed by atoms with Gasteiger partial charge in [-0.15, -0.1) is 0 Å². The molecule has 1 amide bonds. The molecule has 7 heteroatoms. The molecule has 0 saturated carbocycles. The second-order valence-electron chi connectivity index (χ2n) is 5.49. The minimum Gasteiger partial charge on any atom is -0.378 e. The molecule has 0 radical (unpaired) electrons. The highest BCUT2D eigenvalue weighted by Crippen LogP contribution is 2.15. The number of morpholine rings is 2. The van der Waals surface area contributed by atoms with Gasteiger partial charge < -0.3 is 19.3 Å². The van der Waals surface area contributed by atoms with E-state index in [1.54, 1.807) is 0 Å². The molecule has 2 aliphatic rings. The monoisotopic (exact) mass is 306 g/mol. The molecule has 3 heterocycles. The number of hydrogen-bond acceptors (Lipinski definition) is 6. The minimum absolute atomic E-state index is 0.0400. The first-order valence-corrected chi connectivity index (χ1v) is 7.82. The Labute approximate surface area is 130 Å². The summed E-state index contributed by atoms with van der Waals surface area (Å²) in [5.41, 5.74) is 1.11. The number of carbonyl (C=O) groups is 1. The van der Waals surface area contributed by atoms with Crippen LogP contribution in [0.5, 0.6) is 0 Å². The lowest BCUT2D eigenvalue weighted by molar-refractivity contribution is -0.148. The number of nitrogens with zero attached hydrogens (tertiary/aromatic N) is 4. The van der Waals surface area contributed by atoms with E-state index >= 15 is 0 Å². The Hall–Kier alpha value is -1.73. The molecule has 0 bridgehead atoms. The first-order valence-electron chi connectivity index (χ1n) is 7.82. The zero-order valence-corrected chi connectivity index (χ0v) is 12.9. The second-order valence-corrected chi connectivity index (χ2v) is 5.49. The van der Waals surface area contributed by atoms with Gasteiger partial charge in [-0.2, -0.15) is 0 Å². The van der Waals surface area contributed by atoms with Crippen molar-refractivity contribution >= 4 is 11.9 Å². The summed E-state index contributed by atoms with van der Waals surface area (Å²) in [5, 5.41) is 0. The Morgan fingerprint density at radius 2 is 1.95 bits per heavy atom. The van der Waals surface area contributed by atoms with E-state index in [-0.39, 0.29) is 5.91 Å². The lowest BCUT2D eigenvalue weighted by atomic mass is 10.2. The molecule has 22 heavy (non-hydrogen) atoms. The van der Waals surface area contributed by atoms with Gasteiger partial charge in [0, 0.05) is 32.0 Å². The van der Waals surface area contributed by atoms with E-state index in [1.165, 1.54) is 0 Å². The van der Waals surface area contributed by atoms with Gasteiger partial charge in [0.25, 0.3) is 5.91 Å². The minimum atomic E-state index is -0.443. The molecule has 0 aromatic carbocycles. The van der Waals surface area contributed by atoms with Gasteiger partial charge in [0.05, 0.1) is 26.4 Å². The Balaban J connectivity index is 1.64. The van der Waals surface area contributed by atoms with Gasteiger partial charge in [-0.25, -0.2) is 9.97 Å². The number of rotatable bonds is 3. The van der Waals surface area contributed by atoms with Crippen LogP contribution in [0.2, 0.25) is 0 Å². The zero-order valence-electron chi connectivity index (χ0n) is 12.9. The number of aryl methyl sites for hydroxylation is 1. The summed E-state index contributed by atoms with van der Waals surface area (Å²) in [7, 11) is 0. The summed E-state index contributed by atoms with van der Waals surface area (Å²) in [5.74, 6) is 0.707. The first kappa shape index (κ1) is 15.2. The van der Waals surface area contributed by atoms with Crippen molar-refractivity contribution in [3.63, 3.8) is 0 Å². The maximum atomic E-state index is 12.5. The largest absolute Gasteiger partial charge is 0.378 e. The van der Waals surface area contributed by atoms with Crippen molar-refractivity contribution in [2.24, 2.45) is 0 Å². The van der Waals surface area contributed by atoms with Gasteiger partial charge in [-0.3, -0.25) is 4.79 Å². The summed E-state index contributed by atoms with van der Waals surface area (Å²) in [4.78, 5) is 25.1. The molecule has 0 spiro atoms. The third kappa shape index (κ3) is 3.36. The normalized spacial score (nSPS) is 22.7. The highest BCUT2D eigenvalue weighted by atomic mass is 16.5. The number of amides is 1. The number of carbonyl (C=O) groups excluding carboxylic acids is 1. The lowest BCUT2D eigenvalue weighted by Crippen LogP contribution is -2.53. The second kappa shape index (κ2) is 7.02. The lowest BCUT2D eigenvalue weighted by Gasteiger charge is -2.36. The van der Waals surface area contributed by atoms with E-state index < -0.39 is 6.10 Å². The predicted octanol–water partition coefficient (Wildman–Crippen LogP) is 0.103. The van der Waals surface area contributed by atoms with E-state index in [9.17, 15) is 4.79 Å². The number of aromatic nitrogens is 2. The van der Waals surface area contributed by atoms with Crippen LogP contribution in [0.25, 0.3) is 0 Å². The molecule has 1 atom stereocenters. The van der Waals surface area contributed by atoms with Gasteiger partial charge in [0.15, 0.2) is 6.10 Å². The summed E-state index contributed by atoms with van der Waals surface area (Å²) < 4.78 is 10.9. The molecule has 120 valence electrons. The Morgan fingerprint density at radius 3 is 2.64 bits per heavy atom. The maximum absolute atomic E-state index is 12.5. The molecule has 1 unspecified atom stereocenters. The van der Waals surface area contributed by atoms with Crippen LogP contribution in [0, 0.1) is 0 Å². The van der Waals surface area contributed by atoms with Crippen LogP contribution in [0.15, 0.2) is 12.4 Å². The van der Waals surface area contributed by atoms with Crippen LogP contribution in [0.3, 0.4) is 0 Å². The predicted molar refractivity (Wildman–Crippen MR) is 80.8 cm³/mol. The molecule has 3 rings (SSSR count). The third-order valence-corrected chi connectivity index (χ3v) is 4.05. The van der Waals surface area contributed by atoms with E-state index in [1.807, 2.05) is 22.2 Å². The number of anilines is 1. The van der Waals surface area contributed by atoms with Gasteiger partial charge in [-0.05, 0) is 12.0 Å². The number of ether oxygens (including phenoxy) is 2. The van der Waals surface area contributed by atoms with Crippen molar-refractivity contribution in [2.45, 2.75) is 19.4 Å². The standard InChI is InChI=1S/C15H22N4O3/c1-2-12-9-16-15(17-10-12)19-5-8-22-13(11-19)14(20)18-3-6-21-7-4-18/h9-10,13H,2-8,11H2,1H3. The van der Waals surface area contributed by atoms with Crippen LogP contribution in [-0.2, 0) is 20.7 Å². The van der Waals surface area contributed by atoms with Gasteiger partial charge in [0.1, 0.15) is 0 Å². The molecule has 0 aliphatic carbocycles. The molecule has 1 aromatic rings. The van der Waals surface area contributed by atoms with Crippen molar-refractivity contribution in [1.82, 2.24) is 14.9 Å². The Morgan fingerprint density at radius 1 is 1.23 bits per heavy atom. The van der Waals surface area contributed by atoms with E-state index in [0.717, 1.165) is 12.0 Å². The molecule has 1 aromatic heterocycles. The van der Waals surface area contributed by atoms with E-state index in [0.29, 0.717) is 51.9 Å². The van der Waals surface area contributed by atoms with Crippen molar-refractivity contribution in [3.05, 3.63) is 18.0 Å². The van der Waals surface area contributed by atoms with Gasteiger partial charge in [-0.1, -0.05) is 6.92 Å². The Bertz CT molecular complexity index is 502. The Kier molecular flexibility index (Phi) is 4.84. The summed E-state index contributed by atoms with van der Waals surface area (Å²) in [6.07, 6.45) is 4.16. The molecule has 2 saturated heterocycles. The molecule has 2 fully saturated rings. The molecular formula is C15H22N4O3. The van der Waals surface area contributed by atoms with Crippen LogP contribution in [-0.4, -0.2) is 72.9 Å². The van der Waals surface area contributed by atoms with Crippen molar-refractivity contribution in [1.29, 1.82) is 0 Å². The fourth-order valence-corrected chi connectivity index (χ4v) is 2.66. The SMILES string of the molecule is CCc1cnc(N2CCOC(C(=O)N3CCOCC3)C2)nc1. The first-order chi connectivity index (χ1) is 10.8. The average Bonchev–Trinajstić information content (AvgIpc) is 2.62.